The maximum absolute atomic E-state index is 5.70. The first-order chi connectivity index (χ1) is 6.75. The van der Waals surface area contributed by atoms with Gasteiger partial charge in [-0.1, -0.05) is 6.42 Å². The van der Waals surface area contributed by atoms with Gasteiger partial charge in [-0.05, 0) is 46.1 Å². The number of piperidine rings is 1. The predicted molar refractivity (Wildman–Crippen MR) is 58.5 cm³/mol. The van der Waals surface area contributed by atoms with Crippen LogP contribution in [0, 0.1) is 0 Å². The van der Waals surface area contributed by atoms with Gasteiger partial charge in [-0.25, -0.2) is 0 Å². The number of rotatable bonds is 1. The van der Waals surface area contributed by atoms with Crippen LogP contribution in [0.3, 0.4) is 0 Å². The molecular formula is C12H23NO. The Hall–Kier alpha value is -0.0800. The highest BCUT2D eigenvalue weighted by molar-refractivity contribution is 4.96. The molecular weight excluding hydrogens is 174 g/mol. The van der Waals surface area contributed by atoms with E-state index in [1.807, 2.05) is 0 Å². The quantitative estimate of drug-likeness (QED) is 0.640. The highest BCUT2D eigenvalue weighted by Crippen LogP contribution is 2.36. The molecule has 0 bridgehead atoms. The van der Waals surface area contributed by atoms with Crippen LogP contribution in [-0.2, 0) is 4.74 Å². The second kappa shape index (κ2) is 4.19. The van der Waals surface area contributed by atoms with Gasteiger partial charge in [-0.2, -0.15) is 0 Å². The molecule has 2 nitrogen and oxygen atoms in total. The minimum atomic E-state index is 0.407. The Morgan fingerprint density at radius 3 is 2.57 bits per heavy atom. The van der Waals surface area contributed by atoms with Crippen molar-refractivity contribution in [2.45, 2.75) is 57.5 Å². The van der Waals surface area contributed by atoms with Crippen LogP contribution >= 0.6 is 0 Å². The lowest BCUT2D eigenvalue weighted by molar-refractivity contribution is -0.0816. The summed E-state index contributed by atoms with van der Waals surface area (Å²) in [5, 5.41) is 0. The summed E-state index contributed by atoms with van der Waals surface area (Å²) in [5.41, 5.74) is 0.407. The fourth-order valence-corrected chi connectivity index (χ4v) is 3.18. The lowest BCUT2D eigenvalue weighted by atomic mass is 9.81. The molecule has 0 aliphatic carbocycles. The Balaban J connectivity index is 2.10. The Bertz CT molecular complexity index is 176. The second-order valence-electron chi connectivity index (χ2n) is 5.12. The molecule has 0 aromatic carbocycles. The van der Waals surface area contributed by atoms with Crippen LogP contribution in [0.15, 0.2) is 0 Å². The van der Waals surface area contributed by atoms with Crippen LogP contribution in [-0.4, -0.2) is 36.2 Å². The molecule has 2 saturated heterocycles. The van der Waals surface area contributed by atoms with Crippen LogP contribution < -0.4 is 0 Å². The minimum Gasteiger partial charge on any atom is -0.380 e. The van der Waals surface area contributed by atoms with Crippen molar-refractivity contribution in [2.24, 2.45) is 0 Å². The molecule has 1 atom stereocenters. The van der Waals surface area contributed by atoms with E-state index in [0.29, 0.717) is 11.6 Å². The van der Waals surface area contributed by atoms with E-state index in [1.165, 1.54) is 38.6 Å². The highest BCUT2D eigenvalue weighted by atomic mass is 16.5. The van der Waals surface area contributed by atoms with E-state index >= 15 is 0 Å². The standard InChI is InChI=1S/C12H23NO/c1-11(2)13-8-4-3-6-12(13)7-5-9-14-10-12/h11H,3-10H2,1-2H3. The summed E-state index contributed by atoms with van der Waals surface area (Å²) in [4.78, 5) is 2.69. The Morgan fingerprint density at radius 2 is 1.93 bits per heavy atom. The zero-order valence-corrected chi connectivity index (χ0v) is 9.59. The normalized spacial score (nSPS) is 35.4. The summed E-state index contributed by atoms with van der Waals surface area (Å²) < 4.78 is 5.70. The molecule has 1 unspecified atom stereocenters. The molecule has 2 aliphatic heterocycles. The van der Waals surface area contributed by atoms with Crippen LogP contribution in [0.25, 0.3) is 0 Å². The molecule has 2 fully saturated rings. The maximum Gasteiger partial charge on any atom is 0.0650 e. The second-order valence-corrected chi connectivity index (χ2v) is 5.12. The zero-order valence-electron chi connectivity index (χ0n) is 9.59. The third-order valence-electron chi connectivity index (χ3n) is 3.83. The monoisotopic (exact) mass is 197 g/mol. The fourth-order valence-electron chi connectivity index (χ4n) is 3.18. The van der Waals surface area contributed by atoms with Gasteiger partial charge in [0.05, 0.1) is 6.61 Å². The average molecular weight is 197 g/mol. The lowest BCUT2D eigenvalue weighted by Crippen LogP contribution is -2.58. The van der Waals surface area contributed by atoms with Gasteiger partial charge in [0.15, 0.2) is 0 Å². The SMILES string of the molecule is CC(C)N1CCCCC12CCCOC2. The number of hydrogen-bond acceptors (Lipinski definition) is 2. The van der Waals surface area contributed by atoms with Crippen molar-refractivity contribution in [3.63, 3.8) is 0 Å². The van der Waals surface area contributed by atoms with E-state index in [1.54, 1.807) is 0 Å². The predicted octanol–water partition coefficient (Wildman–Crippen LogP) is 2.43. The Morgan fingerprint density at radius 1 is 1.14 bits per heavy atom. The molecule has 14 heavy (non-hydrogen) atoms. The number of likely N-dealkylation sites (tertiary alicyclic amines) is 1. The van der Waals surface area contributed by atoms with E-state index in [2.05, 4.69) is 18.7 Å². The van der Waals surface area contributed by atoms with Crippen molar-refractivity contribution < 1.29 is 4.74 Å². The minimum absolute atomic E-state index is 0.407. The summed E-state index contributed by atoms with van der Waals surface area (Å²) >= 11 is 0. The first-order valence-electron chi connectivity index (χ1n) is 6.09. The molecule has 2 heterocycles. The van der Waals surface area contributed by atoms with Crippen molar-refractivity contribution in [1.82, 2.24) is 4.90 Å². The van der Waals surface area contributed by atoms with Crippen LogP contribution in [0.5, 0.6) is 0 Å². The van der Waals surface area contributed by atoms with Gasteiger partial charge in [-0.3, -0.25) is 4.90 Å². The van der Waals surface area contributed by atoms with Gasteiger partial charge in [0.25, 0.3) is 0 Å². The van der Waals surface area contributed by atoms with Gasteiger partial charge in [-0.15, -0.1) is 0 Å². The van der Waals surface area contributed by atoms with E-state index in [4.69, 9.17) is 4.74 Å². The first kappa shape index (κ1) is 10.4. The van der Waals surface area contributed by atoms with Gasteiger partial charge < -0.3 is 4.74 Å². The molecule has 0 aromatic heterocycles. The molecule has 2 heteroatoms. The molecule has 0 radical (unpaired) electrons. The molecule has 82 valence electrons. The van der Waals surface area contributed by atoms with Crippen LogP contribution in [0.4, 0.5) is 0 Å². The fraction of sp³-hybridized carbons (Fsp3) is 1.00. The third-order valence-corrected chi connectivity index (χ3v) is 3.83. The number of nitrogens with zero attached hydrogens (tertiary/aromatic N) is 1. The Kier molecular flexibility index (Phi) is 3.13. The molecule has 2 aliphatic rings. The summed E-state index contributed by atoms with van der Waals surface area (Å²) in [7, 11) is 0. The topological polar surface area (TPSA) is 12.5 Å². The Labute approximate surface area is 87.6 Å². The number of ether oxygens (including phenoxy) is 1. The van der Waals surface area contributed by atoms with Crippen LogP contribution in [0.2, 0.25) is 0 Å². The van der Waals surface area contributed by atoms with Crippen molar-refractivity contribution in [2.75, 3.05) is 19.8 Å². The van der Waals surface area contributed by atoms with Crippen molar-refractivity contribution in [3.05, 3.63) is 0 Å². The van der Waals surface area contributed by atoms with Gasteiger partial charge in [0.1, 0.15) is 0 Å². The molecule has 0 amide bonds. The summed E-state index contributed by atoms with van der Waals surface area (Å²) in [6.07, 6.45) is 6.73. The first-order valence-corrected chi connectivity index (χ1v) is 6.09. The molecule has 2 rings (SSSR count). The van der Waals surface area contributed by atoms with Gasteiger partial charge in [0.2, 0.25) is 0 Å². The average Bonchev–Trinajstić information content (AvgIpc) is 2.19. The van der Waals surface area contributed by atoms with Crippen LogP contribution in [0.1, 0.15) is 46.0 Å². The highest BCUT2D eigenvalue weighted by Gasteiger charge is 2.41. The lowest BCUT2D eigenvalue weighted by Gasteiger charge is -2.51. The van der Waals surface area contributed by atoms with Crippen molar-refractivity contribution in [1.29, 1.82) is 0 Å². The van der Waals surface area contributed by atoms with E-state index in [0.717, 1.165) is 13.2 Å². The van der Waals surface area contributed by atoms with Gasteiger partial charge >= 0.3 is 0 Å². The van der Waals surface area contributed by atoms with E-state index in [-0.39, 0.29) is 0 Å². The van der Waals surface area contributed by atoms with E-state index < -0.39 is 0 Å². The van der Waals surface area contributed by atoms with Gasteiger partial charge in [0, 0.05) is 18.2 Å². The van der Waals surface area contributed by atoms with Crippen molar-refractivity contribution >= 4 is 0 Å². The summed E-state index contributed by atoms with van der Waals surface area (Å²) in [5.74, 6) is 0. The number of hydrogen-bond donors (Lipinski definition) is 0. The molecule has 0 aromatic rings. The van der Waals surface area contributed by atoms with Crippen molar-refractivity contribution in [3.8, 4) is 0 Å². The molecule has 0 N–H and O–H groups in total. The summed E-state index contributed by atoms with van der Waals surface area (Å²) in [6.45, 7) is 7.88. The third kappa shape index (κ3) is 1.82. The zero-order chi connectivity index (χ0) is 10.0. The smallest absolute Gasteiger partial charge is 0.0650 e. The van der Waals surface area contributed by atoms with E-state index in [9.17, 15) is 0 Å². The largest absolute Gasteiger partial charge is 0.380 e. The molecule has 0 saturated carbocycles. The maximum atomic E-state index is 5.70. The molecule has 1 spiro atoms. The summed E-state index contributed by atoms with van der Waals surface area (Å²) in [6, 6.07) is 0.678.